The lowest BCUT2D eigenvalue weighted by Gasteiger charge is -2.16. The van der Waals surface area contributed by atoms with Crippen LogP contribution < -0.4 is 9.47 Å². The quantitative estimate of drug-likeness (QED) is 0.0497. The minimum absolute atomic E-state index is 0.00419. The summed E-state index contributed by atoms with van der Waals surface area (Å²) in [5.74, 6) is -1.34. The van der Waals surface area contributed by atoms with Crippen molar-refractivity contribution in [2.75, 3.05) is 0 Å². The molecule has 1 N–H and O–H groups in total. The summed E-state index contributed by atoms with van der Waals surface area (Å²) < 4.78 is 57.1. The van der Waals surface area contributed by atoms with Gasteiger partial charge in [0.15, 0.2) is 5.78 Å². The second kappa shape index (κ2) is 24.0. The number of aliphatic carboxylic acids is 1. The molecule has 1 atom stereocenters. The first-order valence-corrected chi connectivity index (χ1v) is 20.8. The van der Waals surface area contributed by atoms with Crippen molar-refractivity contribution in [3.63, 3.8) is 0 Å². The number of carboxylic acids is 1. The molecule has 0 radical (unpaired) electrons. The number of aryl methyl sites for hydroxylation is 6. The van der Waals surface area contributed by atoms with E-state index in [0.717, 1.165) is 94.7 Å². The van der Waals surface area contributed by atoms with Gasteiger partial charge in [-0.05, 0) is 148 Å². The lowest BCUT2D eigenvalue weighted by atomic mass is 9.91. The van der Waals surface area contributed by atoms with Crippen LogP contribution in [0.1, 0.15) is 134 Å². The highest BCUT2D eigenvalue weighted by Gasteiger charge is 2.17. The van der Waals surface area contributed by atoms with Crippen LogP contribution in [0.3, 0.4) is 0 Å². The Balaban J connectivity index is 0.000000225. The molecule has 0 saturated heterocycles. The van der Waals surface area contributed by atoms with E-state index in [1.54, 1.807) is 18.2 Å². The van der Waals surface area contributed by atoms with Gasteiger partial charge in [-0.2, -0.15) is 17.6 Å². The van der Waals surface area contributed by atoms with E-state index in [9.17, 15) is 32.3 Å². The molecule has 4 aromatic rings. The first kappa shape index (κ1) is 44.9. The number of halogens is 4. The molecule has 2 aliphatic carbocycles. The number of pyridine rings is 4. The number of alkyl halides is 4. The second-order valence-corrected chi connectivity index (χ2v) is 15.1. The number of aromatic nitrogens is 4. The molecule has 0 saturated carbocycles. The average molecular weight is 819 g/mol. The van der Waals surface area contributed by atoms with Crippen LogP contribution in [0.25, 0.3) is 6.08 Å². The van der Waals surface area contributed by atoms with E-state index >= 15 is 0 Å². The highest BCUT2D eigenvalue weighted by Crippen LogP contribution is 2.28. The molecule has 4 aromatic heterocycles. The zero-order chi connectivity index (χ0) is 41.8. The molecule has 4 heterocycles. The molecule has 0 bridgehead atoms. The third-order valence-electron chi connectivity index (χ3n) is 10.6. The van der Waals surface area contributed by atoms with Gasteiger partial charge in [-0.15, -0.1) is 0 Å². The number of ketones is 1. The smallest absolute Gasteiger partial charge is 0.388 e. The van der Waals surface area contributed by atoms with Gasteiger partial charge in [0.05, 0.1) is 6.42 Å². The Morgan fingerprint density at radius 1 is 0.661 bits per heavy atom. The molecule has 316 valence electrons. The van der Waals surface area contributed by atoms with Gasteiger partial charge in [0.2, 0.25) is 11.8 Å². The molecule has 2 aliphatic rings. The number of hydrogen-bond donors (Lipinski definition) is 1. The van der Waals surface area contributed by atoms with Crippen LogP contribution >= 0.6 is 0 Å². The van der Waals surface area contributed by atoms with Gasteiger partial charge in [0.25, 0.3) is 0 Å². The summed E-state index contributed by atoms with van der Waals surface area (Å²) in [6.07, 6.45) is 24.2. The number of fused-ring (bicyclic) bond motifs is 2. The number of rotatable bonds is 21. The molecule has 0 amide bonds. The van der Waals surface area contributed by atoms with Crippen LogP contribution in [0.5, 0.6) is 11.8 Å². The molecule has 0 fully saturated rings. The maximum atomic E-state index is 12.3. The number of carbonyl (C=O) groups is 2. The number of carbonyl (C=O) groups excluding carboxylic acids is 1. The number of allylic oxidation sites excluding steroid dienone is 1. The highest BCUT2D eigenvalue weighted by atomic mass is 19.3. The van der Waals surface area contributed by atoms with Gasteiger partial charge in [0.1, 0.15) is 0 Å². The van der Waals surface area contributed by atoms with Gasteiger partial charge < -0.3 is 14.6 Å². The molecule has 0 spiro atoms. The van der Waals surface area contributed by atoms with Crippen LogP contribution in [0, 0.1) is 0 Å². The zero-order valence-electron chi connectivity index (χ0n) is 33.5. The number of nitrogens with zero attached hydrogens (tertiary/aromatic N) is 4. The van der Waals surface area contributed by atoms with E-state index in [1.165, 1.54) is 84.5 Å². The van der Waals surface area contributed by atoms with Crippen molar-refractivity contribution in [2.24, 2.45) is 0 Å². The van der Waals surface area contributed by atoms with Crippen molar-refractivity contribution < 1.29 is 41.7 Å². The Kier molecular flexibility index (Phi) is 18.3. The number of ether oxygens (including phenoxy) is 2. The summed E-state index contributed by atoms with van der Waals surface area (Å²) in [5, 5.41) is 9.22. The summed E-state index contributed by atoms with van der Waals surface area (Å²) in [6.45, 7) is -5.82. The maximum absolute atomic E-state index is 12.3. The van der Waals surface area contributed by atoms with Gasteiger partial charge in [-0.1, -0.05) is 37.5 Å². The Morgan fingerprint density at radius 3 is 1.76 bits per heavy atom. The lowest BCUT2D eigenvalue weighted by molar-refractivity contribution is -0.137. The molecule has 1 unspecified atom stereocenters. The standard InChI is InChI=1S/C24H30F2N2O3.C22H24F2N2O2/c25-24(26)31-22-14-12-19(16-27-22)18(15-23(29)30)8-3-1-2-4-9-20-13-11-17-7-5-6-10-21(17)28-20;23-22(24)28-21-14-10-16(15-25-21)9-13-19(27)7-3-2-6-18-12-11-17-5-1-4-8-20(17)26-18/h11-14,16,18,24H,1-10,15H2,(H,29,30);9-15,22H,1-8H2/b;13-9+. The molecule has 59 heavy (non-hydrogen) atoms. The first-order chi connectivity index (χ1) is 28.6. The monoisotopic (exact) mass is 818 g/mol. The van der Waals surface area contributed by atoms with Gasteiger partial charge in [0, 0.05) is 53.7 Å². The fourth-order valence-corrected chi connectivity index (χ4v) is 7.50. The molecule has 0 aromatic carbocycles. The third kappa shape index (κ3) is 16.2. The van der Waals surface area contributed by atoms with E-state index in [1.807, 2.05) is 0 Å². The normalized spacial score (nSPS) is 14.0. The van der Waals surface area contributed by atoms with Crippen molar-refractivity contribution in [2.45, 2.75) is 141 Å². The summed E-state index contributed by atoms with van der Waals surface area (Å²) >= 11 is 0. The van der Waals surface area contributed by atoms with Crippen molar-refractivity contribution in [1.29, 1.82) is 0 Å². The Hall–Kier alpha value is -5.20. The number of carboxylic acid groups (broad SMARTS) is 1. The maximum Gasteiger partial charge on any atom is 0.388 e. The van der Waals surface area contributed by atoms with Crippen LogP contribution in [-0.4, -0.2) is 50.0 Å². The van der Waals surface area contributed by atoms with E-state index in [4.69, 9.17) is 9.97 Å². The average Bonchev–Trinajstić information content (AvgIpc) is 3.23. The summed E-state index contributed by atoms with van der Waals surface area (Å²) in [6, 6.07) is 14.6. The highest BCUT2D eigenvalue weighted by molar-refractivity contribution is 5.93. The Morgan fingerprint density at radius 2 is 1.22 bits per heavy atom. The van der Waals surface area contributed by atoms with E-state index in [2.05, 4.69) is 43.7 Å². The van der Waals surface area contributed by atoms with Gasteiger partial charge in [-0.25, -0.2) is 9.97 Å². The number of hydrogen-bond acceptors (Lipinski definition) is 8. The summed E-state index contributed by atoms with van der Waals surface area (Å²) in [5.41, 5.74) is 9.00. The fraction of sp³-hybridized carbons (Fsp3) is 0.478. The van der Waals surface area contributed by atoms with E-state index in [0.29, 0.717) is 12.0 Å². The third-order valence-corrected chi connectivity index (χ3v) is 10.6. The molecular formula is C46H54F4N4O5. The molecule has 6 rings (SSSR count). The van der Waals surface area contributed by atoms with Crippen molar-refractivity contribution in [1.82, 2.24) is 19.9 Å². The topological polar surface area (TPSA) is 124 Å². The van der Waals surface area contributed by atoms with Crippen LogP contribution in [-0.2, 0) is 48.1 Å². The Labute approximate surface area is 343 Å². The zero-order valence-corrected chi connectivity index (χ0v) is 33.5. The summed E-state index contributed by atoms with van der Waals surface area (Å²) in [7, 11) is 0. The fourth-order valence-electron chi connectivity index (χ4n) is 7.50. The van der Waals surface area contributed by atoms with Gasteiger partial charge in [-0.3, -0.25) is 19.6 Å². The van der Waals surface area contributed by atoms with Crippen LogP contribution in [0.4, 0.5) is 17.6 Å². The van der Waals surface area contributed by atoms with Crippen LogP contribution in [0.2, 0.25) is 0 Å². The second-order valence-electron chi connectivity index (χ2n) is 15.1. The predicted octanol–water partition coefficient (Wildman–Crippen LogP) is 10.7. The Bertz CT molecular complexity index is 1940. The summed E-state index contributed by atoms with van der Waals surface area (Å²) in [4.78, 5) is 40.4. The largest absolute Gasteiger partial charge is 0.481 e. The first-order valence-electron chi connectivity index (χ1n) is 20.8. The lowest BCUT2D eigenvalue weighted by Crippen LogP contribution is -2.08. The number of unbranched alkanes of at least 4 members (excludes halogenated alkanes) is 4. The minimum atomic E-state index is -2.93. The van der Waals surface area contributed by atoms with E-state index < -0.39 is 19.2 Å². The predicted molar refractivity (Wildman–Crippen MR) is 217 cm³/mol. The van der Waals surface area contributed by atoms with Crippen molar-refractivity contribution in [3.8, 4) is 11.8 Å². The SMILES string of the molecule is O=C(/C=C/c1ccc(OC(F)F)nc1)CCCCc1ccc2c(n1)CCCC2.O=C(O)CC(CCCCCCc1ccc2c(n1)CCCC2)c1ccc(OC(F)F)nc1. The van der Waals surface area contributed by atoms with Crippen molar-refractivity contribution >= 4 is 17.8 Å². The molecule has 13 heteroatoms. The van der Waals surface area contributed by atoms with Crippen LogP contribution in [0.15, 0.2) is 67.0 Å². The minimum Gasteiger partial charge on any atom is -0.481 e. The van der Waals surface area contributed by atoms with E-state index in [-0.39, 0.29) is 29.9 Å². The molecule has 0 aliphatic heterocycles. The molecular weight excluding hydrogens is 765 g/mol. The van der Waals surface area contributed by atoms with Crippen molar-refractivity contribution in [3.05, 3.63) is 112 Å². The molecule has 9 nitrogen and oxygen atoms in total. The van der Waals surface area contributed by atoms with Gasteiger partial charge >= 0.3 is 19.2 Å².